The van der Waals surface area contributed by atoms with Crippen LogP contribution in [0.2, 0.25) is 0 Å². The van der Waals surface area contributed by atoms with Crippen LogP contribution in [0.25, 0.3) is 0 Å². The van der Waals surface area contributed by atoms with Crippen molar-refractivity contribution in [2.75, 3.05) is 13.2 Å². The fourth-order valence-corrected chi connectivity index (χ4v) is 0.180. The SMILES string of the molecule is CCCC.O=CC(=O)OCCO. The lowest BCUT2D eigenvalue weighted by Gasteiger charge is -1.92. The van der Waals surface area contributed by atoms with E-state index in [9.17, 15) is 9.59 Å². The smallest absolute Gasteiger partial charge is 0.371 e. The molecule has 72 valence electrons. The molecule has 0 fully saturated rings. The molecule has 0 saturated heterocycles. The Morgan fingerprint density at radius 1 is 1.42 bits per heavy atom. The second kappa shape index (κ2) is 12.7. The van der Waals surface area contributed by atoms with Crippen LogP contribution in [0.3, 0.4) is 0 Å². The average Bonchev–Trinajstić information content (AvgIpc) is 2.14. The second-order valence-corrected chi connectivity index (χ2v) is 2.01. The van der Waals surface area contributed by atoms with Crippen molar-refractivity contribution in [3.05, 3.63) is 0 Å². The summed E-state index contributed by atoms with van der Waals surface area (Å²) in [6, 6.07) is 0. The van der Waals surface area contributed by atoms with Crippen molar-refractivity contribution in [1.29, 1.82) is 0 Å². The van der Waals surface area contributed by atoms with Gasteiger partial charge in [0.1, 0.15) is 6.61 Å². The number of unbranched alkanes of at least 4 members (excludes halogenated alkanes) is 1. The van der Waals surface area contributed by atoms with Gasteiger partial charge in [-0.15, -0.1) is 0 Å². The first-order valence-electron chi connectivity index (χ1n) is 3.95. The highest BCUT2D eigenvalue weighted by Crippen LogP contribution is 1.76. The van der Waals surface area contributed by atoms with Crippen molar-refractivity contribution in [1.82, 2.24) is 0 Å². The number of hydrogen-bond acceptors (Lipinski definition) is 4. The highest BCUT2D eigenvalue weighted by molar-refractivity contribution is 6.20. The average molecular weight is 176 g/mol. The molecule has 0 unspecified atom stereocenters. The van der Waals surface area contributed by atoms with Crippen LogP contribution >= 0.6 is 0 Å². The van der Waals surface area contributed by atoms with E-state index in [2.05, 4.69) is 18.6 Å². The van der Waals surface area contributed by atoms with Crippen LogP contribution < -0.4 is 0 Å². The summed E-state index contributed by atoms with van der Waals surface area (Å²) in [7, 11) is 0. The van der Waals surface area contributed by atoms with Crippen molar-refractivity contribution in [2.24, 2.45) is 0 Å². The van der Waals surface area contributed by atoms with E-state index >= 15 is 0 Å². The first-order valence-corrected chi connectivity index (χ1v) is 3.95. The number of ether oxygens (including phenoxy) is 1. The minimum absolute atomic E-state index is 0.0512. The number of aliphatic hydroxyl groups is 1. The largest absolute Gasteiger partial charge is 0.458 e. The van der Waals surface area contributed by atoms with E-state index in [1.807, 2.05) is 0 Å². The Balaban J connectivity index is 0. The van der Waals surface area contributed by atoms with Crippen LogP contribution in [0, 0.1) is 0 Å². The monoisotopic (exact) mass is 176 g/mol. The molecule has 0 aliphatic rings. The first-order chi connectivity index (χ1) is 5.72. The molecule has 0 aromatic carbocycles. The molecule has 0 rings (SSSR count). The molecule has 0 bridgehead atoms. The Morgan fingerprint density at radius 3 is 2.17 bits per heavy atom. The van der Waals surface area contributed by atoms with Crippen molar-refractivity contribution in [2.45, 2.75) is 26.7 Å². The highest BCUT2D eigenvalue weighted by Gasteiger charge is 1.94. The maximum atomic E-state index is 9.87. The number of rotatable bonds is 4. The van der Waals surface area contributed by atoms with Crippen LogP contribution in [-0.2, 0) is 14.3 Å². The Kier molecular flexibility index (Phi) is 14.5. The molecule has 0 atom stereocenters. The van der Waals surface area contributed by atoms with Gasteiger partial charge in [-0.25, -0.2) is 4.79 Å². The Labute approximate surface area is 72.5 Å². The Hall–Kier alpha value is -0.900. The zero-order valence-corrected chi connectivity index (χ0v) is 7.58. The molecule has 0 spiro atoms. The molecule has 0 radical (unpaired) electrons. The van der Waals surface area contributed by atoms with Gasteiger partial charge in [0, 0.05) is 0 Å². The van der Waals surface area contributed by atoms with Gasteiger partial charge in [0.25, 0.3) is 0 Å². The third-order valence-corrected chi connectivity index (χ3v) is 0.932. The fraction of sp³-hybridized carbons (Fsp3) is 0.750. The number of carbonyl (C=O) groups excluding carboxylic acids is 2. The van der Waals surface area contributed by atoms with E-state index in [1.165, 1.54) is 12.8 Å². The molecule has 0 saturated carbocycles. The summed E-state index contributed by atoms with van der Waals surface area (Å²) < 4.78 is 4.08. The third-order valence-electron chi connectivity index (χ3n) is 0.932. The van der Waals surface area contributed by atoms with Gasteiger partial charge < -0.3 is 9.84 Å². The summed E-state index contributed by atoms with van der Waals surface area (Å²) in [4.78, 5) is 19.3. The first kappa shape index (κ1) is 13.7. The quantitative estimate of drug-likeness (QED) is 0.385. The van der Waals surface area contributed by atoms with Crippen molar-refractivity contribution < 1.29 is 19.4 Å². The summed E-state index contributed by atoms with van der Waals surface area (Å²) in [5.41, 5.74) is 0. The van der Waals surface area contributed by atoms with Crippen LogP contribution in [-0.4, -0.2) is 30.6 Å². The van der Waals surface area contributed by atoms with Gasteiger partial charge in [-0.3, -0.25) is 4.79 Å². The number of aliphatic hydroxyl groups excluding tert-OH is 1. The normalized spacial score (nSPS) is 7.92. The highest BCUT2D eigenvalue weighted by atomic mass is 16.5. The van der Waals surface area contributed by atoms with E-state index in [4.69, 9.17) is 5.11 Å². The van der Waals surface area contributed by atoms with E-state index < -0.39 is 5.97 Å². The van der Waals surface area contributed by atoms with Gasteiger partial charge in [-0.05, 0) is 0 Å². The summed E-state index contributed by atoms with van der Waals surface area (Å²) in [6.45, 7) is 4.00. The summed E-state index contributed by atoms with van der Waals surface area (Å²) in [5.74, 6) is -0.945. The van der Waals surface area contributed by atoms with Gasteiger partial charge >= 0.3 is 5.97 Å². The molecule has 0 heterocycles. The lowest BCUT2D eigenvalue weighted by Crippen LogP contribution is -2.08. The lowest BCUT2D eigenvalue weighted by molar-refractivity contribution is -0.149. The number of carbonyl (C=O) groups is 2. The van der Waals surface area contributed by atoms with Gasteiger partial charge in [-0.2, -0.15) is 0 Å². The van der Waals surface area contributed by atoms with Crippen LogP contribution in [0.1, 0.15) is 26.7 Å². The summed E-state index contributed by atoms with van der Waals surface area (Å²) in [6.07, 6.45) is 2.69. The molecule has 0 aromatic rings. The van der Waals surface area contributed by atoms with Crippen LogP contribution in [0.4, 0.5) is 0 Å². The van der Waals surface area contributed by atoms with Crippen molar-refractivity contribution >= 4 is 12.3 Å². The fourth-order valence-electron chi connectivity index (χ4n) is 0.180. The zero-order chi connectivity index (χ0) is 9.82. The predicted molar refractivity (Wildman–Crippen MR) is 44.7 cm³/mol. The molecule has 4 heteroatoms. The topological polar surface area (TPSA) is 63.6 Å². The molecule has 0 amide bonds. The van der Waals surface area contributed by atoms with E-state index in [1.54, 1.807) is 0 Å². The number of esters is 1. The van der Waals surface area contributed by atoms with Gasteiger partial charge in [0.05, 0.1) is 6.61 Å². The minimum atomic E-state index is -0.945. The maximum absolute atomic E-state index is 9.87. The van der Waals surface area contributed by atoms with E-state index in [0.717, 1.165) is 0 Å². The van der Waals surface area contributed by atoms with Gasteiger partial charge in [0.2, 0.25) is 6.29 Å². The molecule has 0 aliphatic heterocycles. The van der Waals surface area contributed by atoms with Crippen molar-refractivity contribution in [3.8, 4) is 0 Å². The lowest BCUT2D eigenvalue weighted by atomic mass is 10.4. The Morgan fingerprint density at radius 2 is 1.92 bits per heavy atom. The molecule has 1 N–H and O–H groups in total. The van der Waals surface area contributed by atoms with Crippen molar-refractivity contribution in [3.63, 3.8) is 0 Å². The maximum Gasteiger partial charge on any atom is 0.371 e. The third kappa shape index (κ3) is 16.0. The van der Waals surface area contributed by atoms with E-state index in [-0.39, 0.29) is 19.5 Å². The molecular weight excluding hydrogens is 160 g/mol. The summed E-state index contributed by atoms with van der Waals surface area (Å²) in [5, 5.41) is 8.02. The molecule has 12 heavy (non-hydrogen) atoms. The molecule has 4 nitrogen and oxygen atoms in total. The van der Waals surface area contributed by atoms with Crippen LogP contribution in [0.5, 0.6) is 0 Å². The standard InChI is InChI=1S/C4H6O4.C4H10/c5-1-2-8-4(7)3-6;1-3-4-2/h3,5H,1-2H2;3-4H2,1-2H3. The Bertz CT molecular complexity index is 110. The summed E-state index contributed by atoms with van der Waals surface area (Å²) >= 11 is 0. The minimum Gasteiger partial charge on any atom is -0.458 e. The molecule has 0 aromatic heterocycles. The molecule has 0 aliphatic carbocycles. The number of aldehydes is 1. The zero-order valence-electron chi connectivity index (χ0n) is 7.58. The number of hydrogen-bond donors (Lipinski definition) is 1. The van der Waals surface area contributed by atoms with E-state index in [0.29, 0.717) is 0 Å². The van der Waals surface area contributed by atoms with Gasteiger partial charge in [0.15, 0.2) is 0 Å². The predicted octanol–water partition coefficient (Wildman–Crippen LogP) is 0.527. The second-order valence-electron chi connectivity index (χ2n) is 2.01. The van der Waals surface area contributed by atoms with Gasteiger partial charge in [-0.1, -0.05) is 26.7 Å². The molecular formula is C8H16O4. The van der Waals surface area contributed by atoms with Crippen LogP contribution in [0.15, 0.2) is 0 Å².